The third kappa shape index (κ3) is 2.26. The minimum Gasteiger partial charge on any atom is -0.493 e. The smallest absolute Gasteiger partial charge is 0.122 e. The van der Waals surface area contributed by atoms with E-state index < -0.39 is 5.60 Å². The summed E-state index contributed by atoms with van der Waals surface area (Å²) in [6, 6.07) is 8.29. The van der Waals surface area contributed by atoms with Gasteiger partial charge in [-0.3, -0.25) is 0 Å². The van der Waals surface area contributed by atoms with Crippen LogP contribution in [0.5, 0.6) is 5.75 Å². The van der Waals surface area contributed by atoms with Crippen LogP contribution in [-0.2, 0) is 0 Å². The number of fused-ring (bicyclic) bond motifs is 1. The maximum Gasteiger partial charge on any atom is 0.122 e. The highest BCUT2D eigenvalue weighted by atomic mass is 16.5. The van der Waals surface area contributed by atoms with Crippen molar-refractivity contribution in [2.75, 3.05) is 6.61 Å². The average molecular weight is 246 g/mol. The second-order valence-corrected chi connectivity index (χ2v) is 6.15. The largest absolute Gasteiger partial charge is 0.493 e. The lowest BCUT2D eigenvalue weighted by Gasteiger charge is -2.32. The first-order valence-corrected chi connectivity index (χ1v) is 7.10. The van der Waals surface area contributed by atoms with Crippen molar-refractivity contribution in [2.45, 2.75) is 50.5 Å². The molecule has 1 aromatic carbocycles. The van der Waals surface area contributed by atoms with Gasteiger partial charge in [-0.1, -0.05) is 25.1 Å². The van der Waals surface area contributed by atoms with Gasteiger partial charge in [0.25, 0.3) is 0 Å². The number of hydrogen-bond acceptors (Lipinski definition) is 2. The molecule has 1 fully saturated rings. The van der Waals surface area contributed by atoms with Crippen molar-refractivity contribution in [1.29, 1.82) is 0 Å². The summed E-state index contributed by atoms with van der Waals surface area (Å²) in [6.07, 6.45) is 5.03. The normalized spacial score (nSPS) is 35.0. The van der Waals surface area contributed by atoms with Gasteiger partial charge < -0.3 is 9.84 Å². The zero-order chi connectivity index (χ0) is 12.6. The average Bonchev–Trinajstić information content (AvgIpc) is 2.70. The Balaban J connectivity index is 1.78. The highest BCUT2D eigenvalue weighted by Gasteiger charge is 2.38. The van der Waals surface area contributed by atoms with Gasteiger partial charge in [-0.25, -0.2) is 0 Å². The maximum atomic E-state index is 10.7. The summed E-state index contributed by atoms with van der Waals surface area (Å²) < 4.78 is 5.69. The summed E-state index contributed by atoms with van der Waals surface area (Å²) in [5.41, 5.74) is 0.853. The predicted octanol–water partition coefficient (Wildman–Crippen LogP) is 3.49. The zero-order valence-electron chi connectivity index (χ0n) is 11.1. The van der Waals surface area contributed by atoms with Crippen LogP contribution < -0.4 is 4.74 Å². The molecule has 3 atom stereocenters. The van der Waals surface area contributed by atoms with Gasteiger partial charge in [-0.2, -0.15) is 0 Å². The molecule has 3 rings (SSSR count). The highest BCUT2D eigenvalue weighted by Crippen LogP contribution is 2.44. The van der Waals surface area contributed by atoms with Gasteiger partial charge in [-0.15, -0.1) is 0 Å². The van der Waals surface area contributed by atoms with E-state index in [9.17, 15) is 5.11 Å². The Hall–Kier alpha value is -1.02. The Morgan fingerprint density at radius 3 is 2.94 bits per heavy atom. The molecule has 0 spiro atoms. The monoisotopic (exact) mass is 246 g/mol. The fourth-order valence-corrected chi connectivity index (χ4v) is 3.64. The molecule has 3 unspecified atom stereocenters. The SMILES string of the molecule is CC1CCC(O)(CC2CCOc3ccccc32)C1. The van der Waals surface area contributed by atoms with Crippen molar-refractivity contribution in [3.05, 3.63) is 29.8 Å². The summed E-state index contributed by atoms with van der Waals surface area (Å²) in [7, 11) is 0. The first-order valence-electron chi connectivity index (χ1n) is 7.10. The van der Waals surface area contributed by atoms with E-state index in [1.165, 1.54) is 12.0 Å². The van der Waals surface area contributed by atoms with Gasteiger partial charge in [0, 0.05) is 0 Å². The van der Waals surface area contributed by atoms with Crippen molar-refractivity contribution >= 4 is 0 Å². The first-order chi connectivity index (χ1) is 8.66. The Morgan fingerprint density at radius 1 is 1.33 bits per heavy atom. The molecule has 1 saturated carbocycles. The number of benzene rings is 1. The lowest BCUT2D eigenvalue weighted by molar-refractivity contribution is 0.0241. The van der Waals surface area contributed by atoms with Crippen LogP contribution in [0.15, 0.2) is 24.3 Å². The van der Waals surface area contributed by atoms with Gasteiger partial charge in [0.15, 0.2) is 0 Å². The van der Waals surface area contributed by atoms with E-state index in [1.54, 1.807) is 0 Å². The minimum atomic E-state index is -0.436. The number of aliphatic hydroxyl groups is 1. The Bertz CT molecular complexity index is 429. The topological polar surface area (TPSA) is 29.5 Å². The molecule has 1 heterocycles. The molecule has 0 saturated heterocycles. The summed E-state index contributed by atoms with van der Waals surface area (Å²) in [6.45, 7) is 3.03. The second-order valence-electron chi connectivity index (χ2n) is 6.15. The van der Waals surface area contributed by atoms with Gasteiger partial charge >= 0.3 is 0 Å². The van der Waals surface area contributed by atoms with E-state index in [1.807, 2.05) is 12.1 Å². The van der Waals surface area contributed by atoms with Crippen molar-refractivity contribution in [2.24, 2.45) is 5.92 Å². The quantitative estimate of drug-likeness (QED) is 0.865. The third-order valence-corrected chi connectivity index (χ3v) is 4.54. The molecule has 1 N–H and O–H groups in total. The Kier molecular flexibility index (Phi) is 3.06. The second kappa shape index (κ2) is 4.58. The fraction of sp³-hybridized carbons (Fsp3) is 0.625. The molecule has 0 bridgehead atoms. The minimum absolute atomic E-state index is 0.436. The molecular weight excluding hydrogens is 224 g/mol. The standard InChI is InChI=1S/C16H22O2/c1-12-6-8-16(17,10-12)11-13-7-9-18-15-5-3-2-4-14(13)15/h2-5,12-13,17H,6-11H2,1H3. The molecule has 2 aliphatic rings. The van der Waals surface area contributed by atoms with E-state index >= 15 is 0 Å². The third-order valence-electron chi connectivity index (χ3n) is 4.54. The molecule has 0 radical (unpaired) electrons. The van der Waals surface area contributed by atoms with Crippen molar-refractivity contribution < 1.29 is 9.84 Å². The van der Waals surface area contributed by atoms with Gasteiger partial charge in [0.05, 0.1) is 12.2 Å². The van der Waals surface area contributed by atoms with E-state index in [2.05, 4.69) is 19.1 Å². The highest BCUT2D eigenvalue weighted by molar-refractivity contribution is 5.38. The van der Waals surface area contributed by atoms with Crippen LogP contribution in [0.4, 0.5) is 0 Å². The molecular formula is C16H22O2. The van der Waals surface area contributed by atoms with Crippen molar-refractivity contribution in [1.82, 2.24) is 0 Å². The van der Waals surface area contributed by atoms with Crippen molar-refractivity contribution in [3.63, 3.8) is 0 Å². The van der Waals surface area contributed by atoms with E-state index in [0.29, 0.717) is 11.8 Å². The number of hydrogen-bond donors (Lipinski definition) is 1. The van der Waals surface area contributed by atoms with Crippen LogP contribution in [0.1, 0.15) is 50.5 Å². The van der Waals surface area contributed by atoms with Gasteiger partial charge in [0.1, 0.15) is 5.75 Å². The summed E-state index contributed by atoms with van der Waals surface area (Å²) in [5, 5.41) is 10.7. The Morgan fingerprint density at radius 2 is 2.17 bits per heavy atom. The first kappa shape index (κ1) is 12.0. The summed E-state index contributed by atoms with van der Waals surface area (Å²) in [5.74, 6) is 2.15. The predicted molar refractivity (Wildman–Crippen MR) is 71.9 cm³/mol. The molecule has 1 aromatic rings. The number of rotatable bonds is 2. The van der Waals surface area contributed by atoms with Gasteiger partial charge in [0.2, 0.25) is 0 Å². The number of ether oxygens (including phenoxy) is 1. The lowest BCUT2D eigenvalue weighted by Crippen LogP contribution is -2.29. The fourth-order valence-electron chi connectivity index (χ4n) is 3.64. The van der Waals surface area contributed by atoms with Gasteiger partial charge in [-0.05, 0) is 55.6 Å². The molecule has 98 valence electrons. The van der Waals surface area contributed by atoms with Crippen LogP contribution in [0, 0.1) is 5.92 Å². The van der Waals surface area contributed by atoms with E-state index in [-0.39, 0.29) is 0 Å². The number of para-hydroxylation sites is 1. The lowest BCUT2D eigenvalue weighted by atomic mass is 9.81. The molecule has 1 aliphatic heterocycles. The van der Waals surface area contributed by atoms with Crippen LogP contribution in [-0.4, -0.2) is 17.3 Å². The summed E-state index contributed by atoms with van der Waals surface area (Å²) in [4.78, 5) is 0. The van der Waals surface area contributed by atoms with Crippen LogP contribution in [0.3, 0.4) is 0 Å². The molecule has 0 aromatic heterocycles. The summed E-state index contributed by atoms with van der Waals surface area (Å²) >= 11 is 0. The Labute approximate surface area is 109 Å². The van der Waals surface area contributed by atoms with Crippen molar-refractivity contribution in [3.8, 4) is 5.75 Å². The van der Waals surface area contributed by atoms with E-state index in [4.69, 9.17) is 4.74 Å². The zero-order valence-corrected chi connectivity index (χ0v) is 11.1. The molecule has 1 aliphatic carbocycles. The molecule has 2 heteroatoms. The molecule has 18 heavy (non-hydrogen) atoms. The molecule has 0 amide bonds. The van der Waals surface area contributed by atoms with Crippen LogP contribution in [0.25, 0.3) is 0 Å². The van der Waals surface area contributed by atoms with Crippen LogP contribution >= 0.6 is 0 Å². The molecule has 2 nitrogen and oxygen atoms in total. The maximum absolute atomic E-state index is 10.7. The van der Waals surface area contributed by atoms with E-state index in [0.717, 1.165) is 38.0 Å². The van der Waals surface area contributed by atoms with Crippen LogP contribution in [0.2, 0.25) is 0 Å².